The monoisotopic (exact) mass is 450 g/mol. The molecule has 9 heteroatoms. The molecule has 3 aliphatic heterocycles. The Bertz CT molecular complexity index is 907. The van der Waals surface area contributed by atoms with Gasteiger partial charge in [-0.25, -0.2) is 13.8 Å². The van der Waals surface area contributed by atoms with Crippen molar-refractivity contribution in [2.24, 2.45) is 5.92 Å². The molecule has 3 aliphatic rings. The fraction of sp³-hybridized carbons (Fsp3) is 0.682. The van der Waals surface area contributed by atoms with E-state index in [4.69, 9.17) is 4.74 Å². The number of ether oxygens (including phenoxy) is 1. The molecule has 2 fully saturated rings. The van der Waals surface area contributed by atoms with Crippen LogP contribution in [-0.2, 0) is 14.8 Å². The first-order valence-electron chi connectivity index (χ1n) is 11.3. The number of nitrogens with zero attached hydrogens (tertiary/aromatic N) is 2. The number of hydrogen-bond acceptors (Lipinski definition) is 6. The normalized spacial score (nSPS) is 30.8. The third kappa shape index (κ3) is 4.60. The van der Waals surface area contributed by atoms with Crippen molar-refractivity contribution in [1.29, 1.82) is 0 Å². The Morgan fingerprint density at radius 1 is 1.19 bits per heavy atom. The second kappa shape index (κ2) is 9.05. The highest BCUT2D eigenvalue weighted by Crippen LogP contribution is 2.36. The highest BCUT2D eigenvalue weighted by atomic mass is 32.2. The maximum absolute atomic E-state index is 13.6. The molecule has 1 amide bonds. The van der Waals surface area contributed by atoms with Crippen LogP contribution in [0.1, 0.15) is 46.5 Å². The van der Waals surface area contributed by atoms with Crippen LogP contribution >= 0.6 is 0 Å². The smallest absolute Gasteiger partial charge is 0.247 e. The van der Waals surface area contributed by atoms with Crippen LogP contribution in [0.15, 0.2) is 29.2 Å². The van der Waals surface area contributed by atoms with Crippen molar-refractivity contribution < 1.29 is 17.9 Å². The van der Waals surface area contributed by atoms with E-state index < -0.39 is 10.0 Å². The predicted molar refractivity (Wildman–Crippen MR) is 118 cm³/mol. The van der Waals surface area contributed by atoms with Crippen LogP contribution in [0.4, 0.5) is 0 Å². The van der Waals surface area contributed by atoms with Crippen molar-refractivity contribution in [2.45, 2.75) is 75.6 Å². The first kappa shape index (κ1) is 22.5. The molecule has 2 unspecified atom stereocenters. The molecule has 0 radical (unpaired) electrons. The maximum atomic E-state index is 13.6. The predicted octanol–water partition coefficient (Wildman–Crippen LogP) is 1.73. The summed E-state index contributed by atoms with van der Waals surface area (Å²) in [6.07, 6.45) is 2.42. The van der Waals surface area contributed by atoms with Crippen LogP contribution in [0.2, 0.25) is 0 Å². The summed E-state index contributed by atoms with van der Waals surface area (Å²) in [5, 5.41) is 0. The van der Waals surface area contributed by atoms with Gasteiger partial charge in [-0.15, -0.1) is 0 Å². The van der Waals surface area contributed by atoms with Gasteiger partial charge in [0.05, 0.1) is 6.04 Å². The molecule has 1 aromatic rings. The highest BCUT2D eigenvalue weighted by Gasteiger charge is 2.44. The van der Waals surface area contributed by atoms with E-state index in [1.165, 1.54) is 0 Å². The third-order valence-electron chi connectivity index (χ3n) is 6.52. The summed E-state index contributed by atoms with van der Waals surface area (Å²) in [4.78, 5) is 15.2. The van der Waals surface area contributed by atoms with Gasteiger partial charge < -0.3 is 9.64 Å². The van der Waals surface area contributed by atoms with Gasteiger partial charge in [0, 0.05) is 32.1 Å². The van der Waals surface area contributed by atoms with Crippen LogP contribution in [-0.4, -0.2) is 67.4 Å². The minimum Gasteiger partial charge on any atom is -0.487 e. The quantitative estimate of drug-likeness (QED) is 0.726. The van der Waals surface area contributed by atoms with Crippen molar-refractivity contribution in [1.82, 2.24) is 20.1 Å². The van der Waals surface area contributed by atoms with Crippen molar-refractivity contribution in [3.63, 3.8) is 0 Å². The second-order valence-electron chi connectivity index (χ2n) is 9.35. The number of fused-ring (bicyclic) bond motifs is 2. The molecule has 172 valence electrons. The molecule has 2 N–H and O–H groups in total. The van der Waals surface area contributed by atoms with E-state index in [9.17, 15) is 13.2 Å². The van der Waals surface area contributed by atoms with Crippen molar-refractivity contribution in [3.8, 4) is 5.75 Å². The van der Waals surface area contributed by atoms with Gasteiger partial charge in [0.2, 0.25) is 15.9 Å². The van der Waals surface area contributed by atoms with Gasteiger partial charge in [-0.2, -0.15) is 4.31 Å². The lowest BCUT2D eigenvalue weighted by Crippen LogP contribution is -2.48. The summed E-state index contributed by atoms with van der Waals surface area (Å²) in [5.74, 6) is 0.880. The first-order valence-corrected chi connectivity index (χ1v) is 12.8. The largest absolute Gasteiger partial charge is 0.487 e. The van der Waals surface area contributed by atoms with E-state index in [0.29, 0.717) is 44.1 Å². The summed E-state index contributed by atoms with van der Waals surface area (Å²) in [6, 6.07) is 6.64. The summed E-state index contributed by atoms with van der Waals surface area (Å²) in [5.41, 5.74) is 6.20. The van der Waals surface area contributed by atoms with Crippen molar-refractivity contribution in [3.05, 3.63) is 24.3 Å². The van der Waals surface area contributed by atoms with Crippen molar-refractivity contribution in [2.75, 3.05) is 19.6 Å². The number of sulfonamides is 1. The molecule has 0 aromatic heterocycles. The summed E-state index contributed by atoms with van der Waals surface area (Å²) >= 11 is 0. The van der Waals surface area contributed by atoms with Crippen LogP contribution < -0.4 is 15.6 Å². The number of carbonyl (C=O) groups is 1. The molecular formula is C22H34N4O4S. The zero-order valence-electron chi connectivity index (χ0n) is 18.6. The average Bonchev–Trinajstić information content (AvgIpc) is 3.02. The Hall–Kier alpha value is -1.68. The van der Waals surface area contributed by atoms with E-state index in [1.807, 2.05) is 11.8 Å². The number of hydrogen-bond donors (Lipinski definition) is 2. The molecule has 0 spiro atoms. The Morgan fingerprint density at radius 3 is 2.65 bits per heavy atom. The van der Waals surface area contributed by atoms with Gasteiger partial charge in [-0.3, -0.25) is 10.2 Å². The number of benzene rings is 1. The number of nitrogens with one attached hydrogen (secondary N) is 2. The minimum atomic E-state index is -3.68. The highest BCUT2D eigenvalue weighted by molar-refractivity contribution is 7.89. The number of carbonyl (C=O) groups excluding carboxylic acids is 1. The molecule has 31 heavy (non-hydrogen) atoms. The van der Waals surface area contributed by atoms with Crippen LogP contribution in [0.5, 0.6) is 5.75 Å². The lowest BCUT2D eigenvalue weighted by atomic mass is 10.0. The first-order chi connectivity index (χ1) is 14.8. The molecular weight excluding hydrogens is 416 g/mol. The van der Waals surface area contributed by atoms with E-state index >= 15 is 0 Å². The van der Waals surface area contributed by atoms with Gasteiger partial charge in [0.25, 0.3) is 0 Å². The summed E-state index contributed by atoms with van der Waals surface area (Å²) < 4.78 is 35.2. The minimum absolute atomic E-state index is 0.0743. The third-order valence-corrected chi connectivity index (χ3v) is 8.49. The second-order valence-corrected chi connectivity index (χ2v) is 11.2. The van der Waals surface area contributed by atoms with Gasteiger partial charge in [-0.1, -0.05) is 26.0 Å². The Kier molecular flexibility index (Phi) is 6.57. The van der Waals surface area contributed by atoms with E-state index in [0.717, 1.165) is 12.8 Å². The van der Waals surface area contributed by atoms with Crippen LogP contribution in [0.25, 0.3) is 0 Å². The zero-order valence-corrected chi connectivity index (χ0v) is 19.4. The van der Waals surface area contributed by atoms with Crippen LogP contribution in [0.3, 0.4) is 0 Å². The van der Waals surface area contributed by atoms with Gasteiger partial charge in [0.15, 0.2) is 0 Å². The standard InChI is InChI=1S/C22H34N4O4S/c1-15(2)8-13-26-18-9-11-25(22(27)17-14-16(3)23-24-17)12-10-19(18)30-20-6-4-5-7-21(20)31(26,28)29/h4-7,15-19,23-24H,8-14H2,1-3H3/t16?,17?,18-,19-/m1/s1. The summed E-state index contributed by atoms with van der Waals surface area (Å²) in [7, 11) is -3.68. The molecule has 2 saturated heterocycles. The zero-order chi connectivity index (χ0) is 22.2. The van der Waals surface area contributed by atoms with Crippen molar-refractivity contribution >= 4 is 15.9 Å². The summed E-state index contributed by atoms with van der Waals surface area (Å²) in [6.45, 7) is 7.79. The van der Waals surface area contributed by atoms with E-state index in [1.54, 1.807) is 28.6 Å². The average molecular weight is 451 g/mol. The maximum Gasteiger partial charge on any atom is 0.247 e. The topological polar surface area (TPSA) is 91.0 Å². The molecule has 1 aromatic carbocycles. The fourth-order valence-corrected chi connectivity index (χ4v) is 6.56. The molecule has 0 bridgehead atoms. The SMILES string of the molecule is CC(C)CCN1[C@@H]2CCN(C(=O)C3CC(C)NN3)CC[C@H]2Oc2ccccc2S1(=O)=O. The number of likely N-dealkylation sites (tertiary alicyclic amines) is 1. The fourth-order valence-electron chi connectivity index (χ4n) is 4.75. The van der Waals surface area contributed by atoms with E-state index in [2.05, 4.69) is 24.7 Å². The lowest BCUT2D eigenvalue weighted by Gasteiger charge is -2.32. The van der Waals surface area contributed by atoms with Gasteiger partial charge >= 0.3 is 0 Å². The Morgan fingerprint density at radius 2 is 1.94 bits per heavy atom. The number of para-hydroxylation sites is 1. The molecule has 0 aliphatic carbocycles. The molecule has 4 rings (SSSR count). The Balaban J connectivity index is 1.60. The van der Waals surface area contributed by atoms with E-state index in [-0.39, 0.29) is 35.0 Å². The molecule has 3 heterocycles. The van der Waals surface area contributed by atoms with Gasteiger partial charge in [0.1, 0.15) is 22.8 Å². The van der Waals surface area contributed by atoms with Crippen LogP contribution in [0, 0.1) is 5.92 Å². The number of rotatable bonds is 4. The lowest BCUT2D eigenvalue weighted by molar-refractivity contribution is -0.133. The molecule has 8 nitrogen and oxygen atoms in total. The number of amides is 1. The van der Waals surface area contributed by atoms with Gasteiger partial charge in [-0.05, 0) is 44.2 Å². The Labute approximate surface area is 185 Å². The number of hydrazine groups is 1. The molecule has 0 saturated carbocycles. The molecule has 4 atom stereocenters.